The second kappa shape index (κ2) is 9.44. The lowest BCUT2D eigenvalue weighted by molar-refractivity contribution is -0.121. The van der Waals surface area contributed by atoms with Crippen LogP contribution in [-0.4, -0.2) is 60.1 Å². The molecule has 1 atom stereocenters. The van der Waals surface area contributed by atoms with Gasteiger partial charge in [0.15, 0.2) is 5.78 Å². The van der Waals surface area contributed by atoms with E-state index in [1.54, 1.807) is 20.2 Å². The number of ketones is 1. The van der Waals surface area contributed by atoms with E-state index in [0.717, 1.165) is 59.4 Å². The molecule has 4 aromatic rings. The molecule has 3 heterocycles. The van der Waals surface area contributed by atoms with Gasteiger partial charge in [0, 0.05) is 71.8 Å². The number of nitrogens with zero attached hydrogens (tertiary/aromatic N) is 4. The summed E-state index contributed by atoms with van der Waals surface area (Å²) >= 11 is 6.15. The summed E-state index contributed by atoms with van der Waals surface area (Å²) in [5, 5.41) is 6.15. The fourth-order valence-corrected chi connectivity index (χ4v) is 4.77. The number of ether oxygens (including phenoxy) is 1. The van der Waals surface area contributed by atoms with Crippen molar-refractivity contribution in [1.82, 2.24) is 14.9 Å². The Morgan fingerprint density at radius 3 is 2.65 bits per heavy atom. The average molecular weight is 476 g/mol. The summed E-state index contributed by atoms with van der Waals surface area (Å²) < 4.78 is 5.54. The van der Waals surface area contributed by atoms with Crippen LogP contribution >= 0.6 is 11.6 Å². The van der Waals surface area contributed by atoms with Crippen LogP contribution in [0.15, 0.2) is 60.9 Å². The minimum atomic E-state index is -0.422. The van der Waals surface area contributed by atoms with E-state index in [1.165, 1.54) is 0 Å². The standard InChI is InChI=1S/C26H26ClN5O2/c1-17(33)26(30-20-14-18-4-3-8-29-25(18)24(16-20)34-2)32-12-10-31(11-13-32)23-7-9-28-22-15-19(27)5-6-21(22)23/h3-9,14-16,26,30H,10-13H2,1-2H3. The molecule has 1 aliphatic rings. The molecule has 0 radical (unpaired) electrons. The smallest absolute Gasteiger partial charge is 0.166 e. The quantitative estimate of drug-likeness (QED) is 0.437. The second-order valence-electron chi connectivity index (χ2n) is 8.43. The zero-order chi connectivity index (χ0) is 23.7. The summed E-state index contributed by atoms with van der Waals surface area (Å²) in [6.07, 6.45) is 3.15. The fraction of sp³-hybridized carbons (Fsp3) is 0.269. The van der Waals surface area contributed by atoms with Gasteiger partial charge in [0.1, 0.15) is 17.4 Å². The van der Waals surface area contributed by atoms with E-state index in [-0.39, 0.29) is 5.78 Å². The Kier molecular flexibility index (Phi) is 6.22. The van der Waals surface area contributed by atoms with E-state index >= 15 is 0 Å². The summed E-state index contributed by atoms with van der Waals surface area (Å²) in [5.74, 6) is 0.750. The van der Waals surface area contributed by atoms with Crippen molar-refractivity contribution in [2.45, 2.75) is 13.1 Å². The number of aromatic nitrogens is 2. The molecule has 1 aliphatic heterocycles. The Balaban J connectivity index is 1.34. The third kappa shape index (κ3) is 4.36. The lowest BCUT2D eigenvalue weighted by Gasteiger charge is -2.40. The van der Waals surface area contributed by atoms with Crippen molar-refractivity contribution in [3.63, 3.8) is 0 Å². The van der Waals surface area contributed by atoms with Crippen molar-refractivity contribution in [3.05, 3.63) is 65.9 Å². The van der Waals surface area contributed by atoms with E-state index in [2.05, 4.69) is 25.1 Å². The minimum Gasteiger partial charge on any atom is -0.494 e. The molecule has 5 rings (SSSR count). The fourth-order valence-electron chi connectivity index (χ4n) is 4.61. The molecule has 1 N–H and O–H groups in total. The van der Waals surface area contributed by atoms with Crippen LogP contribution < -0.4 is 15.0 Å². The van der Waals surface area contributed by atoms with Gasteiger partial charge >= 0.3 is 0 Å². The van der Waals surface area contributed by atoms with Gasteiger partial charge in [0.05, 0.1) is 12.6 Å². The molecule has 0 amide bonds. The monoisotopic (exact) mass is 475 g/mol. The number of nitrogens with one attached hydrogen (secondary N) is 1. The Bertz CT molecular complexity index is 1350. The van der Waals surface area contributed by atoms with Crippen molar-refractivity contribution in [2.24, 2.45) is 0 Å². The molecule has 2 aromatic carbocycles. The molecule has 0 bridgehead atoms. The maximum absolute atomic E-state index is 12.6. The summed E-state index contributed by atoms with van der Waals surface area (Å²) in [6, 6.07) is 15.6. The molecular weight excluding hydrogens is 450 g/mol. The number of hydrogen-bond donors (Lipinski definition) is 1. The van der Waals surface area contributed by atoms with Gasteiger partial charge in [-0.3, -0.25) is 19.7 Å². The number of rotatable bonds is 6. The van der Waals surface area contributed by atoms with Gasteiger partial charge in [-0.05, 0) is 43.3 Å². The van der Waals surface area contributed by atoms with Gasteiger partial charge in [-0.15, -0.1) is 0 Å². The SMILES string of the molecule is COc1cc(NC(C(C)=O)N2CCN(c3ccnc4cc(Cl)ccc34)CC2)cc2cccnc12. The predicted octanol–water partition coefficient (Wildman–Crippen LogP) is 4.59. The molecule has 174 valence electrons. The zero-order valence-corrected chi connectivity index (χ0v) is 19.9. The zero-order valence-electron chi connectivity index (χ0n) is 19.2. The van der Waals surface area contributed by atoms with Crippen LogP contribution in [0.5, 0.6) is 5.75 Å². The lowest BCUT2D eigenvalue weighted by Crippen LogP contribution is -2.55. The molecule has 2 aromatic heterocycles. The van der Waals surface area contributed by atoms with Crippen molar-refractivity contribution in [2.75, 3.05) is 43.5 Å². The van der Waals surface area contributed by atoms with Crippen LogP contribution in [0.2, 0.25) is 5.02 Å². The maximum Gasteiger partial charge on any atom is 0.166 e. The number of benzene rings is 2. The van der Waals surface area contributed by atoms with Crippen molar-refractivity contribution in [3.8, 4) is 5.75 Å². The van der Waals surface area contributed by atoms with Gasteiger partial charge in [-0.25, -0.2) is 0 Å². The highest BCUT2D eigenvalue weighted by molar-refractivity contribution is 6.31. The Hall–Kier alpha value is -3.42. The molecule has 1 fully saturated rings. The summed E-state index contributed by atoms with van der Waals surface area (Å²) in [6.45, 7) is 4.74. The first kappa shape index (κ1) is 22.4. The highest BCUT2D eigenvalue weighted by Gasteiger charge is 2.28. The highest BCUT2D eigenvalue weighted by atomic mass is 35.5. The number of anilines is 2. The number of fused-ring (bicyclic) bond motifs is 2. The number of carbonyl (C=O) groups excluding carboxylic acids is 1. The number of hydrogen-bond acceptors (Lipinski definition) is 7. The minimum absolute atomic E-state index is 0.0719. The first-order valence-corrected chi connectivity index (χ1v) is 11.6. The van der Waals surface area contributed by atoms with Crippen LogP contribution in [0.1, 0.15) is 6.92 Å². The van der Waals surface area contributed by atoms with Crippen molar-refractivity contribution in [1.29, 1.82) is 0 Å². The third-order valence-corrected chi connectivity index (χ3v) is 6.52. The first-order valence-electron chi connectivity index (χ1n) is 11.3. The first-order chi connectivity index (χ1) is 16.5. The molecule has 34 heavy (non-hydrogen) atoms. The summed E-state index contributed by atoms with van der Waals surface area (Å²) in [7, 11) is 1.63. The predicted molar refractivity (Wildman–Crippen MR) is 137 cm³/mol. The van der Waals surface area contributed by atoms with Crippen LogP contribution in [0.25, 0.3) is 21.8 Å². The number of carbonyl (C=O) groups is 1. The van der Waals surface area contributed by atoms with E-state index in [4.69, 9.17) is 16.3 Å². The topological polar surface area (TPSA) is 70.6 Å². The van der Waals surface area contributed by atoms with E-state index < -0.39 is 6.17 Å². The Morgan fingerprint density at radius 2 is 1.88 bits per heavy atom. The number of methoxy groups -OCH3 is 1. The third-order valence-electron chi connectivity index (χ3n) is 6.28. The molecule has 1 unspecified atom stereocenters. The lowest BCUT2D eigenvalue weighted by atomic mass is 10.1. The van der Waals surface area contributed by atoms with Gasteiger partial charge in [-0.1, -0.05) is 17.7 Å². The van der Waals surface area contributed by atoms with Crippen LogP contribution in [-0.2, 0) is 4.79 Å². The summed E-state index contributed by atoms with van der Waals surface area (Å²) in [5.41, 5.74) is 3.65. The van der Waals surface area contributed by atoms with E-state index in [1.807, 2.05) is 54.7 Å². The maximum atomic E-state index is 12.6. The number of piperazine rings is 1. The molecular formula is C26H26ClN5O2. The average Bonchev–Trinajstić information content (AvgIpc) is 2.86. The molecule has 1 saturated heterocycles. The van der Waals surface area contributed by atoms with Gasteiger partial charge in [0.2, 0.25) is 0 Å². The number of halogens is 1. The van der Waals surface area contributed by atoms with Crippen LogP contribution in [0.4, 0.5) is 11.4 Å². The molecule has 0 saturated carbocycles. The molecule has 8 heteroatoms. The van der Waals surface area contributed by atoms with E-state index in [0.29, 0.717) is 10.8 Å². The summed E-state index contributed by atoms with van der Waals surface area (Å²) in [4.78, 5) is 26.0. The molecule has 0 aliphatic carbocycles. The van der Waals surface area contributed by atoms with Crippen LogP contribution in [0.3, 0.4) is 0 Å². The number of pyridine rings is 2. The Labute approximate surface area is 203 Å². The van der Waals surface area contributed by atoms with Crippen molar-refractivity contribution >= 4 is 50.6 Å². The van der Waals surface area contributed by atoms with Crippen molar-refractivity contribution < 1.29 is 9.53 Å². The normalized spacial score (nSPS) is 15.4. The molecule has 7 nitrogen and oxygen atoms in total. The van der Waals surface area contributed by atoms with E-state index in [9.17, 15) is 4.79 Å². The molecule has 0 spiro atoms. The van der Waals surface area contributed by atoms with Crippen LogP contribution in [0, 0.1) is 0 Å². The van der Waals surface area contributed by atoms with Gasteiger partial charge < -0.3 is 15.0 Å². The van der Waals surface area contributed by atoms with Gasteiger partial charge in [0.25, 0.3) is 0 Å². The van der Waals surface area contributed by atoms with Gasteiger partial charge in [-0.2, -0.15) is 0 Å². The largest absolute Gasteiger partial charge is 0.494 e. The Morgan fingerprint density at radius 1 is 1.06 bits per heavy atom. The number of Topliss-reactive ketones (excluding diaryl/α,β-unsaturated/α-hetero) is 1. The highest BCUT2D eigenvalue weighted by Crippen LogP contribution is 2.30. The second-order valence-corrected chi connectivity index (χ2v) is 8.86.